The maximum Gasteiger partial charge on any atom is 0.269 e. The highest BCUT2D eigenvalue weighted by Crippen LogP contribution is 2.49. The van der Waals surface area contributed by atoms with Gasteiger partial charge in [-0.05, 0) is 49.3 Å². The first-order valence-electron chi connectivity index (χ1n) is 10.3. The number of hydrogen-bond donors (Lipinski definition) is 3. The predicted molar refractivity (Wildman–Crippen MR) is 116 cm³/mol. The number of aromatic nitrogens is 2. The van der Waals surface area contributed by atoms with E-state index in [-0.39, 0.29) is 12.5 Å². The normalized spacial score (nSPS) is 24.9. The molecule has 0 aliphatic heterocycles. The Kier molecular flexibility index (Phi) is 5.04. The summed E-state index contributed by atoms with van der Waals surface area (Å²) in [5.74, 6) is 2.59. The van der Waals surface area contributed by atoms with Crippen molar-refractivity contribution in [3.8, 4) is 11.5 Å². The predicted octanol–water partition coefficient (Wildman–Crippen LogP) is 3.66. The van der Waals surface area contributed by atoms with E-state index in [0.717, 1.165) is 15.3 Å². The molecule has 4 atom stereocenters. The van der Waals surface area contributed by atoms with E-state index in [1.165, 1.54) is 19.3 Å². The SMILES string of the molecule is CNC(=O)c1cc(Oc2ccc3nc(NC4[C@H]5CC[C@H](C5)[C@@H]4CO)sc3c2)ccn1. The van der Waals surface area contributed by atoms with Crippen molar-refractivity contribution in [1.82, 2.24) is 15.3 Å². The molecule has 3 aromatic rings. The second-order valence-corrected chi connectivity index (χ2v) is 9.09. The molecule has 2 aromatic heterocycles. The first-order chi connectivity index (χ1) is 14.6. The van der Waals surface area contributed by atoms with E-state index in [2.05, 4.69) is 15.6 Å². The van der Waals surface area contributed by atoms with Crippen molar-refractivity contribution < 1.29 is 14.6 Å². The molecule has 1 amide bonds. The van der Waals surface area contributed by atoms with Crippen LogP contribution in [0.4, 0.5) is 5.13 Å². The van der Waals surface area contributed by atoms with E-state index in [0.29, 0.717) is 41.0 Å². The highest BCUT2D eigenvalue weighted by atomic mass is 32.1. The first-order valence-corrected chi connectivity index (χ1v) is 11.1. The van der Waals surface area contributed by atoms with Gasteiger partial charge in [-0.1, -0.05) is 11.3 Å². The molecule has 2 heterocycles. The van der Waals surface area contributed by atoms with Crippen molar-refractivity contribution in [2.45, 2.75) is 25.3 Å². The summed E-state index contributed by atoms with van der Waals surface area (Å²) in [5, 5.41) is 16.9. The molecule has 156 valence electrons. The summed E-state index contributed by atoms with van der Waals surface area (Å²) >= 11 is 1.60. The van der Waals surface area contributed by atoms with Crippen LogP contribution in [-0.4, -0.2) is 40.7 Å². The van der Waals surface area contributed by atoms with Crippen molar-refractivity contribution in [3.63, 3.8) is 0 Å². The minimum absolute atomic E-state index is 0.242. The quantitative estimate of drug-likeness (QED) is 0.559. The summed E-state index contributed by atoms with van der Waals surface area (Å²) in [6, 6.07) is 9.43. The van der Waals surface area contributed by atoms with Gasteiger partial charge in [0.05, 0.1) is 10.2 Å². The van der Waals surface area contributed by atoms with Gasteiger partial charge in [-0.15, -0.1) is 0 Å². The topological polar surface area (TPSA) is 96.4 Å². The van der Waals surface area contributed by atoms with E-state index in [9.17, 15) is 9.90 Å². The highest BCUT2D eigenvalue weighted by Gasteiger charge is 2.47. The van der Waals surface area contributed by atoms with Gasteiger partial charge in [0.2, 0.25) is 0 Å². The molecule has 2 fully saturated rings. The number of nitrogens with zero attached hydrogens (tertiary/aromatic N) is 2. The van der Waals surface area contributed by atoms with Gasteiger partial charge in [0.15, 0.2) is 5.13 Å². The number of aliphatic hydroxyl groups excluding tert-OH is 1. The molecule has 0 radical (unpaired) electrons. The van der Waals surface area contributed by atoms with Gasteiger partial charge in [0, 0.05) is 43.9 Å². The Morgan fingerprint density at radius 3 is 2.90 bits per heavy atom. The number of hydrogen-bond acceptors (Lipinski definition) is 7. The molecule has 2 aliphatic carbocycles. The zero-order valence-corrected chi connectivity index (χ0v) is 17.5. The Hall–Kier alpha value is -2.71. The average Bonchev–Trinajstić information content (AvgIpc) is 3.47. The molecule has 5 rings (SSSR count). The van der Waals surface area contributed by atoms with Crippen LogP contribution >= 0.6 is 11.3 Å². The minimum atomic E-state index is -0.254. The fourth-order valence-electron chi connectivity index (χ4n) is 4.93. The van der Waals surface area contributed by atoms with Gasteiger partial charge >= 0.3 is 0 Å². The van der Waals surface area contributed by atoms with Gasteiger partial charge in [0.1, 0.15) is 17.2 Å². The lowest BCUT2D eigenvalue weighted by Gasteiger charge is -2.30. The van der Waals surface area contributed by atoms with Gasteiger partial charge in [-0.3, -0.25) is 9.78 Å². The summed E-state index contributed by atoms with van der Waals surface area (Å²) in [6.07, 6.45) is 5.26. The number of ether oxygens (including phenoxy) is 1. The molecule has 7 nitrogen and oxygen atoms in total. The van der Waals surface area contributed by atoms with Crippen LogP contribution in [0.5, 0.6) is 11.5 Å². The van der Waals surface area contributed by atoms with Crippen molar-refractivity contribution in [2.24, 2.45) is 17.8 Å². The zero-order valence-electron chi connectivity index (χ0n) is 16.7. The third-order valence-electron chi connectivity index (χ3n) is 6.38. The Balaban J connectivity index is 1.34. The molecule has 0 spiro atoms. The number of fused-ring (bicyclic) bond motifs is 3. The molecule has 3 N–H and O–H groups in total. The van der Waals surface area contributed by atoms with Gasteiger partial charge in [-0.25, -0.2) is 4.98 Å². The third-order valence-corrected chi connectivity index (χ3v) is 7.33. The maximum atomic E-state index is 11.8. The first kappa shape index (κ1) is 19.3. The second kappa shape index (κ2) is 7.85. The lowest BCUT2D eigenvalue weighted by atomic mass is 9.85. The van der Waals surface area contributed by atoms with E-state index in [1.54, 1.807) is 36.7 Å². The summed E-state index contributed by atoms with van der Waals surface area (Å²) < 4.78 is 6.97. The smallest absolute Gasteiger partial charge is 0.269 e. The molecule has 0 saturated heterocycles. The van der Waals surface area contributed by atoms with Crippen LogP contribution in [-0.2, 0) is 0 Å². The molecule has 1 aromatic carbocycles. The Morgan fingerprint density at radius 1 is 1.23 bits per heavy atom. The van der Waals surface area contributed by atoms with Crippen molar-refractivity contribution >= 4 is 32.6 Å². The number of carbonyl (C=O) groups is 1. The summed E-state index contributed by atoms with van der Waals surface area (Å²) in [7, 11) is 1.57. The standard InChI is InChI=1S/C22H24N4O3S/c1-23-21(28)18-9-15(6-7-24-18)29-14-4-5-17-19(10-14)30-22(25-17)26-20-13-3-2-12(8-13)16(20)11-27/h4-7,9-10,12-13,16,20,27H,2-3,8,11H2,1H3,(H,23,28)(H,25,26)/t12-,13+,16+,20?/m1/s1. The van der Waals surface area contributed by atoms with Crippen LogP contribution in [0.2, 0.25) is 0 Å². The fourth-order valence-corrected chi connectivity index (χ4v) is 5.87. The number of nitrogens with one attached hydrogen (secondary N) is 2. The third kappa shape index (κ3) is 3.50. The van der Waals surface area contributed by atoms with E-state index in [4.69, 9.17) is 9.72 Å². The minimum Gasteiger partial charge on any atom is -0.457 e. The van der Waals surface area contributed by atoms with Crippen molar-refractivity contribution in [2.75, 3.05) is 19.0 Å². The molecule has 2 bridgehead atoms. The molecule has 8 heteroatoms. The lowest BCUT2D eigenvalue weighted by Crippen LogP contribution is -2.36. The van der Waals surface area contributed by atoms with Crippen LogP contribution in [0, 0.1) is 17.8 Å². The highest BCUT2D eigenvalue weighted by molar-refractivity contribution is 7.22. The Labute approximate surface area is 178 Å². The Morgan fingerprint density at radius 2 is 2.07 bits per heavy atom. The van der Waals surface area contributed by atoms with Gasteiger partial charge < -0.3 is 20.5 Å². The largest absolute Gasteiger partial charge is 0.457 e. The van der Waals surface area contributed by atoms with E-state index >= 15 is 0 Å². The fraction of sp³-hybridized carbons (Fsp3) is 0.409. The van der Waals surface area contributed by atoms with Crippen LogP contribution in [0.15, 0.2) is 36.5 Å². The number of thiazole rings is 1. The van der Waals surface area contributed by atoms with E-state index in [1.807, 2.05) is 18.2 Å². The van der Waals surface area contributed by atoms with Crippen molar-refractivity contribution in [3.05, 3.63) is 42.2 Å². The molecular formula is C22H24N4O3S. The number of anilines is 1. The monoisotopic (exact) mass is 424 g/mol. The summed E-state index contributed by atoms with van der Waals surface area (Å²) in [6.45, 7) is 0.242. The number of benzene rings is 1. The summed E-state index contributed by atoms with van der Waals surface area (Å²) in [4.78, 5) is 20.6. The van der Waals surface area contributed by atoms with E-state index < -0.39 is 0 Å². The molecule has 2 aliphatic rings. The van der Waals surface area contributed by atoms with Crippen LogP contribution in [0.3, 0.4) is 0 Å². The molecule has 30 heavy (non-hydrogen) atoms. The maximum absolute atomic E-state index is 11.8. The second-order valence-electron chi connectivity index (χ2n) is 8.06. The summed E-state index contributed by atoms with van der Waals surface area (Å²) in [5.41, 5.74) is 1.23. The average molecular weight is 425 g/mol. The van der Waals surface area contributed by atoms with Crippen LogP contribution < -0.4 is 15.4 Å². The van der Waals surface area contributed by atoms with Gasteiger partial charge in [-0.2, -0.15) is 0 Å². The molecule has 2 saturated carbocycles. The molecular weight excluding hydrogens is 400 g/mol. The number of aliphatic hydroxyl groups is 1. The lowest BCUT2D eigenvalue weighted by molar-refractivity contribution is 0.0958. The number of rotatable bonds is 6. The van der Waals surface area contributed by atoms with Crippen molar-refractivity contribution in [1.29, 1.82) is 0 Å². The zero-order chi connectivity index (χ0) is 20.7. The number of amides is 1. The Bertz CT molecular complexity index is 1090. The van der Waals surface area contributed by atoms with Gasteiger partial charge in [0.25, 0.3) is 5.91 Å². The molecule has 1 unspecified atom stereocenters. The number of carbonyl (C=O) groups excluding carboxylic acids is 1. The number of pyridine rings is 1. The van der Waals surface area contributed by atoms with Crippen LogP contribution in [0.1, 0.15) is 29.8 Å². The van der Waals surface area contributed by atoms with Crippen LogP contribution in [0.25, 0.3) is 10.2 Å².